The van der Waals surface area contributed by atoms with Crippen LogP contribution in [0.1, 0.15) is 0 Å². The van der Waals surface area contributed by atoms with Crippen molar-refractivity contribution in [2.45, 2.75) is 0 Å². The van der Waals surface area contributed by atoms with E-state index in [4.69, 9.17) is 14.4 Å². The van der Waals surface area contributed by atoms with Gasteiger partial charge in [0.2, 0.25) is 0 Å². The zero-order chi connectivity index (χ0) is 26.5. The molecule has 0 N–H and O–H groups in total. The molecular weight excluding hydrogens is 490 g/mol. The first-order chi connectivity index (χ1) is 19.8. The van der Waals surface area contributed by atoms with Crippen molar-refractivity contribution in [2.75, 3.05) is 0 Å². The van der Waals surface area contributed by atoms with E-state index < -0.39 is 0 Å². The highest BCUT2D eigenvalue weighted by Crippen LogP contribution is 2.37. The maximum Gasteiger partial charge on any atom is 0.160 e. The molecule has 40 heavy (non-hydrogen) atoms. The monoisotopic (exact) mass is 513 g/mol. The fourth-order valence-electron chi connectivity index (χ4n) is 5.61. The molecule has 0 saturated carbocycles. The Hall–Kier alpha value is -5.48. The number of furan rings is 1. The second-order valence-electron chi connectivity index (χ2n) is 9.89. The molecule has 4 nitrogen and oxygen atoms in total. The molecule has 0 atom stereocenters. The van der Waals surface area contributed by atoms with Crippen molar-refractivity contribution in [3.05, 3.63) is 140 Å². The van der Waals surface area contributed by atoms with Crippen molar-refractivity contribution >= 4 is 32.8 Å². The summed E-state index contributed by atoms with van der Waals surface area (Å²) in [6.07, 6.45) is 1.76. The summed E-state index contributed by atoms with van der Waals surface area (Å²) in [6, 6.07) is 46.0. The molecule has 3 heterocycles. The average Bonchev–Trinajstić information content (AvgIpc) is 3.64. The summed E-state index contributed by atoms with van der Waals surface area (Å²) in [5.41, 5.74) is 9.16. The van der Waals surface area contributed by atoms with Gasteiger partial charge in [0.05, 0.1) is 34.1 Å². The highest BCUT2D eigenvalue weighted by Gasteiger charge is 2.16. The minimum Gasteiger partial charge on any atom is -0.464 e. The lowest BCUT2D eigenvalue weighted by Crippen LogP contribution is -1.97. The summed E-state index contributed by atoms with van der Waals surface area (Å²) in [7, 11) is 0. The minimum absolute atomic E-state index is 0.714. The van der Waals surface area contributed by atoms with E-state index in [1.54, 1.807) is 6.26 Å². The highest BCUT2D eigenvalue weighted by molar-refractivity contribution is 6.19. The van der Waals surface area contributed by atoms with E-state index in [0.29, 0.717) is 5.82 Å². The van der Waals surface area contributed by atoms with E-state index in [9.17, 15) is 0 Å². The Morgan fingerprint density at radius 2 is 1.18 bits per heavy atom. The third-order valence-corrected chi connectivity index (χ3v) is 7.50. The van der Waals surface area contributed by atoms with E-state index in [-0.39, 0.29) is 0 Å². The molecule has 0 amide bonds. The van der Waals surface area contributed by atoms with Crippen molar-refractivity contribution in [3.63, 3.8) is 0 Å². The maximum atomic E-state index is 5.93. The maximum absolute atomic E-state index is 5.93. The number of benzene rings is 5. The summed E-state index contributed by atoms with van der Waals surface area (Å²) in [5, 5.41) is 3.42. The van der Waals surface area contributed by atoms with Crippen LogP contribution in [0, 0.1) is 0 Å². The van der Waals surface area contributed by atoms with Gasteiger partial charge in [-0.25, -0.2) is 9.97 Å². The molecule has 0 fully saturated rings. The molecule has 0 bridgehead atoms. The van der Waals surface area contributed by atoms with Crippen LogP contribution in [-0.2, 0) is 0 Å². The number of fused-ring (bicyclic) bond motifs is 5. The number of rotatable bonds is 4. The largest absolute Gasteiger partial charge is 0.464 e. The summed E-state index contributed by atoms with van der Waals surface area (Å²) >= 11 is 0. The number of hydrogen-bond donors (Lipinski definition) is 0. The van der Waals surface area contributed by atoms with Crippen LogP contribution >= 0.6 is 0 Å². The third-order valence-electron chi connectivity index (χ3n) is 7.50. The number of para-hydroxylation sites is 1. The second kappa shape index (κ2) is 9.07. The van der Waals surface area contributed by atoms with Gasteiger partial charge in [0.15, 0.2) is 5.82 Å². The van der Waals surface area contributed by atoms with Gasteiger partial charge in [-0.1, -0.05) is 91.0 Å². The van der Waals surface area contributed by atoms with Crippen molar-refractivity contribution in [3.8, 4) is 39.6 Å². The van der Waals surface area contributed by atoms with E-state index in [1.807, 2.05) is 42.5 Å². The first kappa shape index (κ1) is 22.5. The SMILES string of the molecule is c1ccc(-c2cc(-c3ccc(-n4c5ccccc5c5c6occc6ccc54)cc3)nc(-c3ccccc3)n2)cc1. The van der Waals surface area contributed by atoms with Crippen molar-refractivity contribution in [1.29, 1.82) is 0 Å². The molecule has 4 heteroatoms. The van der Waals surface area contributed by atoms with Crippen molar-refractivity contribution < 1.29 is 4.42 Å². The quantitative estimate of drug-likeness (QED) is 0.235. The standard InChI is InChI=1S/C36H23N3O/c1-3-9-24(10-4-1)30-23-31(38-36(37-30)27-11-5-2-6-12-27)25-15-18-28(19-16-25)39-32-14-8-7-13-29(32)34-33(39)20-17-26-21-22-40-35(26)34/h1-23H. The van der Waals surface area contributed by atoms with Crippen LogP contribution in [-0.4, -0.2) is 14.5 Å². The first-order valence-electron chi connectivity index (χ1n) is 13.3. The van der Waals surface area contributed by atoms with E-state index >= 15 is 0 Å². The molecule has 0 radical (unpaired) electrons. The summed E-state index contributed by atoms with van der Waals surface area (Å²) in [6.45, 7) is 0. The fourth-order valence-corrected chi connectivity index (χ4v) is 5.61. The van der Waals surface area contributed by atoms with Crippen LogP contribution in [0.3, 0.4) is 0 Å². The second-order valence-corrected chi connectivity index (χ2v) is 9.89. The zero-order valence-corrected chi connectivity index (χ0v) is 21.5. The molecule has 8 rings (SSSR count). The Balaban J connectivity index is 1.28. The lowest BCUT2D eigenvalue weighted by molar-refractivity contribution is 0.619. The average molecular weight is 514 g/mol. The van der Waals surface area contributed by atoms with Crippen LogP contribution in [0.15, 0.2) is 144 Å². The summed E-state index contributed by atoms with van der Waals surface area (Å²) < 4.78 is 8.24. The zero-order valence-electron chi connectivity index (χ0n) is 21.5. The Bertz CT molecular complexity index is 2080. The smallest absolute Gasteiger partial charge is 0.160 e. The molecule has 0 saturated heterocycles. The van der Waals surface area contributed by atoms with Crippen LogP contribution in [0.5, 0.6) is 0 Å². The Morgan fingerprint density at radius 1 is 0.525 bits per heavy atom. The molecule has 0 aliphatic carbocycles. The van der Waals surface area contributed by atoms with Crippen molar-refractivity contribution in [1.82, 2.24) is 14.5 Å². The Labute approximate surface area is 230 Å². The Kier molecular flexibility index (Phi) is 5.10. The number of hydrogen-bond acceptors (Lipinski definition) is 3. The van der Waals surface area contributed by atoms with Gasteiger partial charge >= 0.3 is 0 Å². The van der Waals surface area contributed by atoms with Gasteiger partial charge in [-0.05, 0) is 42.5 Å². The van der Waals surface area contributed by atoms with Gasteiger partial charge in [-0.2, -0.15) is 0 Å². The highest BCUT2D eigenvalue weighted by atomic mass is 16.3. The summed E-state index contributed by atoms with van der Waals surface area (Å²) in [5.74, 6) is 0.714. The fraction of sp³-hybridized carbons (Fsp3) is 0. The van der Waals surface area contributed by atoms with Gasteiger partial charge in [0, 0.05) is 33.2 Å². The normalized spacial score (nSPS) is 11.5. The molecule has 0 aliphatic heterocycles. The molecule has 5 aromatic carbocycles. The van der Waals surface area contributed by atoms with Crippen molar-refractivity contribution in [2.24, 2.45) is 0 Å². The van der Waals surface area contributed by atoms with Gasteiger partial charge in [-0.3, -0.25) is 0 Å². The lowest BCUT2D eigenvalue weighted by atomic mass is 10.1. The predicted octanol–water partition coefficient (Wildman–Crippen LogP) is 9.32. The van der Waals surface area contributed by atoms with Gasteiger partial charge < -0.3 is 8.98 Å². The van der Waals surface area contributed by atoms with Gasteiger partial charge in [-0.15, -0.1) is 0 Å². The Morgan fingerprint density at radius 3 is 1.93 bits per heavy atom. The van der Waals surface area contributed by atoms with Crippen LogP contribution in [0.4, 0.5) is 0 Å². The molecule has 8 aromatic rings. The van der Waals surface area contributed by atoms with E-state index in [1.165, 1.54) is 5.39 Å². The summed E-state index contributed by atoms with van der Waals surface area (Å²) in [4.78, 5) is 9.91. The van der Waals surface area contributed by atoms with Crippen LogP contribution in [0.25, 0.3) is 72.4 Å². The van der Waals surface area contributed by atoms with Gasteiger partial charge in [0.1, 0.15) is 5.58 Å². The predicted molar refractivity (Wildman–Crippen MR) is 162 cm³/mol. The minimum atomic E-state index is 0.714. The van der Waals surface area contributed by atoms with E-state index in [2.05, 4.69) is 95.6 Å². The van der Waals surface area contributed by atoms with E-state index in [0.717, 1.165) is 61.2 Å². The third kappa shape index (κ3) is 3.62. The molecule has 0 unspecified atom stereocenters. The molecular formula is C36H23N3O. The first-order valence-corrected chi connectivity index (χ1v) is 13.3. The van der Waals surface area contributed by atoms with Crippen LogP contribution < -0.4 is 0 Å². The number of aromatic nitrogens is 3. The molecule has 0 spiro atoms. The van der Waals surface area contributed by atoms with Crippen LogP contribution in [0.2, 0.25) is 0 Å². The van der Waals surface area contributed by atoms with Gasteiger partial charge in [0.25, 0.3) is 0 Å². The molecule has 3 aromatic heterocycles. The topological polar surface area (TPSA) is 43.9 Å². The number of nitrogens with zero attached hydrogens (tertiary/aromatic N) is 3. The molecule has 188 valence electrons. The molecule has 0 aliphatic rings. The lowest BCUT2D eigenvalue weighted by Gasteiger charge is -2.11.